The van der Waals surface area contributed by atoms with E-state index in [0.29, 0.717) is 0 Å². The van der Waals surface area contributed by atoms with E-state index >= 15 is 0 Å². The Hall–Kier alpha value is -1.55. The summed E-state index contributed by atoms with van der Waals surface area (Å²) in [5.41, 5.74) is 3.65. The third-order valence-corrected chi connectivity index (χ3v) is 2.95. The third-order valence-electron chi connectivity index (χ3n) is 2.95. The topological polar surface area (TPSA) is 52.6 Å². The second-order valence-corrected chi connectivity index (χ2v) is 4.09. The van der Waals surface area contributed by atoms with Gasteiger partial charge in [-0.15, -0.1) is 0 Å². The lowest BCUT2D eigenvalue weighted by Crippen LogP contribution is -2.34. The highest BCUT2D eigenvalue weighted by molar-refractivity contribution is 5.69. The second-order valence-electron chi connectivity index (χ2n) is 4.09. The minimum atomic E-state index is -0.756. The standard InChI is InChI=1S/C12H16N2O2/c1-13-11-3-2-9-4-5-14(8-12(15)16)7-10(9)6-11/h2-3,6,13H,4-5,7-8H2,1H3,(H,15,16). The number of benzene rings is 1. The minimum absolute atomic E-state index is 0.128. The molecule has 1 heterocycles. The van der Waals surface area contributed by atoms with Gasteiger partial charge in [0, 0.05) is 25.8 Å². The van der Waals surface area contributed by atoms with Crippen molar-refractivity contribution in [2.24, 2.45) is 0 Å². The number of hydrogen-bond acceptors (Lipinski definition) is 3. The molecule has 1 aromatic rings. The summed E-state index contributed by atoms with van der Waals surface area (Å²) in [5, 5.41) is 11.9. The molecule has 0 aromatic heterocycles. The van der Waals surface area contributed by atoms with E-state index in [1.807, 2.05) is 11.9 Å². The van der Waals surface area contributed by atoms with Gasteiger partial charge in [0.1, 0.15) is 0 Å². The fourth-order valence-corrected chi connectivity index (χ4v) is 2.10. The molecule has 0 unspecified atom stereocenters. The van der Waals surface area contributed by atoms with Gasteiger partial charge in [-0.1, -0.05) is 6.07 Å². The molecule has 0 bridgehead atoms. The molecule has 1 aliphatic heterocycles. The van der Waals surface area contributed by atoms with Crippen molar-refractivity contribution in [1.29, 1.82) is 0 Å². The van der Waals surface area contributed by atoms with E-state index in [2.05, 4.69) is 23.5 Å². The molecule has 4 nitrogen and oxygen atoms in total. The Balaban J connectivity index is 2.14. The first-order chi connectivity index (χ1) is 7.69. The number of nitrogens with one attached hydrogen (secondary N) is 1. The van der Waals surface area contributed by atoms with Crippen LogP contribution in [0.1, 0.15) is 11.1 Å². The van der Waals surface area contributed by atoms with E-state index in [1.165, 1.54) is 11.1 Å². The fraction of sp³-hybridized carbons (Fsp3) is 0.417. The summed E-state index contributed by atoms with van der Waals surface area (Å²) in [6, 6.07) is 6.29. The van der Waals surface area contributed by atoms with Gasteiger partial charge < -0.3 is 10.4 Å². The maximum Gasteiger partial charge on any atom is 0.317 e. The summed E-state index contributed by atoms with van der Waals surface area (Å²) in [7, 11) is 1.89. The van der Waals surface area contributed by atoms with E-state index in [1.54, 1.807) is 0 Å². The Bertz CT molecular complexity index is 404. The molecule has 0 aliphatic carbocycles. The Morgan fingerprint density at radius 1 is 1.50 bits per heavy atom. The number of nitrogens with zero attached hydrogens (tertiary/aromatic N) is 1. The molecular weight excluding hydrogens is 204 g/mol. The van der Waals surface area contributed by atoms with E-state index in [9.17, 15) is 4.79 Å². The third kappa shape index (κ3) is 2.33. The average molecular weight is 220 g/mol. The van der Waals surface area contributed by atoms with Crippen LogP contribution in [-0.4, -0.2) is 36.1 Å². The first-order valence-electron chi connectivity index (χ1n) is 5.43. The van der Waals surface area contributed by atoms with Gasteiger partial charge in [-0.3, -0.25) is 9.69 Å². The highest BCUT2D eigenvalue weighted by Crippen LogP contribution is 2.22. The number of carboxylic acids is 1. The van der Waals surface area contributed by atoms with Crippen LogP contribution < -0.4 is 5.32 Å². The molecule has 0 fully saturated rings. The van der Waals surface area contributed by atoms with Crippen molar-refractivity contribution >= 4 is 11.7 Å². The zero-order chi connectivity index (χ0) is 11.5. The number of rotatable bonds is 3. The van der Waals surface area contributed by atoms with Crippen LogP contribution in [0.5, 0.6) is 0 Å². The van der Waals surface area contributed by atoms with Crippen molar-refractivity contribution in [2.45, 2.75) is 13.0 Å². The molecule has 2 rings (SSSR count). The average Bonchev–Trinajstić information content (AvgIpc) is 2.27. The first kappa shape index (κ1) is 11.0. The van der Waals surface area contributed by atoms with Gasteiger partial charge in [-0.2, -0.15) is 0 Å². The smallest absolute Gasteiger partial charge is 0.317 e. The molecule has 2 N–H and O–H groups in total. The first-order valence-corrected chi connectivity index (χ1v) is 5.43. The Morgan fingerprint density at radius 2 is 2.31 bits per heavy atom. The summed E-state index contributed by atoms with van der Waals surface area (Å²) in [4.78, 5) is 12.6. The van der Waals surface area contributed by atoms with Crippen LogP contribution in [-0.2, 0) is 17.8 Å². The summed E-state index contributed by atoms with van der Waals surface area (Å²) >= 11 is 0. The number of hydrogen-bond donors (Lipinski definition) is 2. The van der Waals surface area contributed by atoms with Crippen molar-refractivity contribution in [3.05, 3.63) is 29.3 Å². The molecule has 4 heteroatoms. The predicted octanol–water partition coefficient (Wildman–Crippen LogP) is 1.17. The van der Waals surface area contributed by atoms with Gasteiger partial charge >= 0.3 is 5.97 Å². The second kappa shape index (κ2) is 4.53. The maximum absolute atomic E-state index is 10.6. The van der Waals surface area contributed by atoms with Gasteiger partial charge in [-0.25, -0.2) is 0 Å². The number of fused-ring (bicyclic) bond motifs is 1. The molecule has 0 saturated heterocycles. The summed E-state index contributed by atoms with van der Waals surface area (Å²) < 4.78 is 0. The van der Waals surface area contributed by atoms with E-state index in [0.717, 1.165) is 25.2 Å². The molecule has 0 spiro atoms. The van der Waals surface area contributed by atoms with Crippen molar-refractivity contribution in [3.63, 3.8) is 0 Å². The fourth-order valence-electron chi connectivity index (χ4n) is 2.10. The Morgan fingerprint density at radius 3 is 3.00 bits per heavy atom. The van der Waals surface area contributed by atoms with Crippen LogP contribution in [0.2, 0.25) is 0 Å². The van der Waals surface area contributed by atoms with E-state index < -0.39 is 5.97 Å². The monoisotopic (exact) mass is 220 g/mol. The molecule has 0 atom stereocenters. The SMILES string of the molecule is CNc1ccc2c(c1)CN(CC(=O)O)CC2. The van der Waals surface area contributed by atoms with Gasteiger partial charge in [0.15, 0.2) is 0 Å². The lowest BCUT2D eigenvalue weighted by Gasteiger charge is -2.27. The minimum Gasteiger partial charge on any atom is -0.480 e. The number of carboxylic acid groups (broad SMARTS) is 1. The summed E-state index contributed by atoms with van der Waals surface area (Å²) in [6.45, 7) is 1.69. The molecule has 86 valence electrons. The maximum atomic E-state index is 10.6. The van der Waals surface area contributed by atoms with Crippen molar-refractivity contribution < 1.29 is 9.90 Å². The van der Waals surface area contributed by atoms with Crippen molar-refractivity contribution in [1.82, 2.24) is 4.90 Å². The molecule has 16 heavy (non-hydrogen) atoms. The zero-order valence-corrected chi connectivity index (χ0v) is 9.36. The number of anilines is 1. The van der Waals surface area contributed by atoms with Gasteiger partial charge in [0.2, 0.25) is 0 Å². The van der Waals surface area contributed by atoms with Crippen molar-refractivity contribution in [3.8, 4) is 0 Å². The predicted molar refractivity (Wildman–Crippen MR) is 62.6 cm³/mol. The van der Waals surface area contributed by atoms with Crippen LogP contribution in [0.15, 0.2) is 18.2 Å². The number of aliphatic carboxylic acids is 1. The Kier molecular flexibility index (Phi) is 3.10. The van der Waals surface area contributed by atoms with Crippen LogP contribution in [0, 0.1) is 0 Å². The Labute approximate surface area is 94.9 Å². The summed E-state index contributed by atoms with van der Waals surface area (Å²) in [6.07, 6.45) is 0.937. The van der Waals surface area contributed by atoms with Gasteiger partial charge in [0.25, 0.3) is 0 Å². The van der Waals surface area contributed by atoms with E-state index in [-0.39, 0.29) is 6.54 Å². The van der Waals surface area contributed by atoms with Crippen LogP contribution in [0.4, 0.5) is 5.69 Å². The molecule has 0 amide bonds. The van der Waals surface area contributed by atoms with Gasteiger partial charge in [0.05, 0.1) is 6.54 Å². The largest absolute Gasteiger partial charge is 0.480 e. The van der Waals surface area contributed by atoms with E-state index in [4.69, 9.17) is 5.11 Å². The van der Waals surface area contributed by atoms with Crippen molar-refractivity contribution in [2.75, 3.05) is 25.5 Å². The summed E-state index contributed by atoms with van der Waals surface area (Å²) in [5.74, 6) is -0.756. The van der Waals surface area contributed by atoms with Gasteiger partial charge in [-0.05, 0) is 29.7 Å². The quantitative estimate of drug-likeness (QED) is 0.803. The molecular formula is C12H16N2O2. The molecule has 1 aliphatic rings. The zero-order valence-electron chi connectivity index (χ0n) is 9.36. The lowest BCUT2D eigenvalue weighted by atomic mass is 9.99. The molecule has 0 radical (unpaired) electrons. The van der Waals surface area contributed by atoms with Crippen LogP contribution >= 0.6 is 0 Å². The van der Waals surface area contributed by atoms with Crippen LogP contribution in [0.25, 0.3) is 0 Å². The van der Waals surface area contributed by atoms with Crippen LogP contribution in [0.3, 0.4) is 0 Å². The highest BCUT2D eigenvalue weighted by atomic mass is 16.4. The molecule has 1 aromatic carbocycles. The number of carbonyl (C=O) groups is 1. The normalized spacial score (nSPS) is 15.6. The highest BCUT2D eigenvalue weighted by Gasteiger charge is 2.17. The lowest BCUT2D eigenvalue weighted by molar-refractivity contribution is -0.138. The molecule has 0 saturated carbocycles.